The summed E-state index contributed by atoms with van der Waals surface area (Å²) in [5.74, 6) is 0.485. The van der Waals surface area contributed by atoms with Gasteiger partial charge in [0.1, 0.15) is 11.8 Å². The first kappa shape index (κ1) is 28.0. The molecule has 1 fully saturated rings. The predicted molar refractivity (Wildman–Crippen MR) is 153 cm³/mol. The fourth-order valence-electron chi connectivity index (χ4n) is 4.82. The average molecular weight is 554 g/mol. The fraction of sp³-hybridized carbons (Fsp3) is 0.355. The standard InChI is InChI=1S/C31H34Cl2N2O3/c32-25-16-18-27(19-17-25)38-20-8-15-30(36)35(22-24-11-4-7-14-28(24)33)29(21-23-9-2-1-3-10-23)31(37)34-26-12-5-6-13-26/h1-4,7,9-11,14,16-19,26,29H,5-6,8,12-13,15,20-22H2,(H,34,37). The predicted octanol–water partition coefficient (Wildman–Crippen LogP) is 6.85. The smallest absolute Gasteiger partial charge is 0.243 e. The summed E-state index contributed by atoms with van der Waals surface area (Å²) < 4.78 is 5.79. The van der Waals surface area contributed by atoms with E-state index in [1.165, 1.54) is 0 Å². The Morgan fingerprint density at radius 3 is 2.32 bits per heavy atom. The minimum atomic E-state index is -0.654. The van der Waals surface area contributed by atoms with Gasteiger partial charge in [0.25, 0.3) is 0 Å². The molecule has 0 saturated heterocycles. The maximum Gasteiger partial charge on any atom is 0.243 e. The summed E-state index contributed by atoms with van der Waals surface area (Å²) in [6.45, 7) is 0.636. The SMILES string of the molecule is O=C(NC1CCCC1)C(Cc1ccccc1)N(Cc1ccccc1Cl)C(=O)CCCOc1ccc(Cl)cc1. The molecule has 0 bridgehead atoms. The fourth-order valence-corrected chi connectivity index (χ4v) is 5.14. The van der Waals surface area contributed by atoms with Gasteiger partial charge in [-0.1, -0.05) is 84.6 Å². The number of amides is 2. The van der Waals surface area contributed by atoms with Crippen molar-refractivity contribution in [1.29, 1.82) is 0 Å². The molecule has 4 rings (SSSR count). The molecule has 3 aromatic rings. The number of halogens is 2. The van der Waals surface area contributed by atoms with Gasteiger partial charge in [-0.3, -0.25) is 9.59 Å². The molecule has 3 aromatic carbocycles. The topological polar surface area (TPSA) is 58.6 Å². The third kappa shape index (κ3) is 8.24. The zero-order valence-corrected chi connectivity index (χ0v) is 23.0. The highest BCUT2D eigenvalue weighted by molar-refractivity contribution is 6.31. The quantitative estimate of drug-likeness (QED) is 0.250. The van der Waals surface area contributed by atoms with Crippen LogP contribution < -0.4 is 10.1 Å². The van der Waals surface area contributed by atoms with Gasteiger partial charge in [-0.25, -0.2) is 0 Å². The van der Waals surface area contributed by atoms with Gasteiger partial charge >= 0.3 is 0 Å². The first-order valence-electron chi connectivity index (χ1n) is 13.2. The minimum Gasteiger partial charge on any atom is -0.494 e. The van der Waals surface area contributed by atoms with Crippen LogP contribution in [0.5, 0.6) is 5.75 Å². The number of rotatable bonds is 12. The summed E-state index contributed by atoms with van der Waals surface area (Å²) >= 11 is 12.4. The molecule has 1 N–H and O–H groups in total. The van der Waals surface area contributed by atoms with Crippen molar-refractivity contribution in [3.63, 3.8) is 0 Å². The maximum atomic E-state index is 13.7. The van der Waals surface area contributed by atoms with E-state index in [2.05, 4.69) is 5.32 Å². The van der Waals surface area contributed by atoms with Crippen molar-refractivity contribution >= 4 is 35.0 Å². The third-order valence-electron chi connectivity index (χ3n) is 6.89. The Kier molecular flexibility index (Phi) is 10.5. The van der Waals surface area contributed by atoms with Gasteiger partial charge in [0.15, 0.2) is 0 Å². The second kappa shape index (κ2) is 14.2. The van der Waals surface area contributed by atoms with E-state index in [0.29, 0.717) is 35.2 Å². The van der Waals surface area contributed by atoms with Crippen LogP contribution >= 0.6 is 23.2 Å². The molecule has 0 radical (unpaired) electrons. The number of carbonyl (C=O) groups is 2. The van der Waals surface area contributed by atoms with Crippen molar-refractivity contribution in [3.8, 4) is 5.75 Å². The lowest BCUT2D eigenvalue weighted by Gasteiger charge is -2.32. The molecule has 0 aromatic heterocycles. The second-order valence-electron chi connectivity index (χ2n) is 9.71. The normalized spacial score (nSPS) is 14.2. The van der Waals surface area contributed by atoms with Gasteiger partial charge in [-0.05, 0) is 60.7 Å². The van der Waals surface area contributed by atoms with Crippen LogP contribution in [0.2, 0.25) is 10.0 Å². The Hall–Kier alpha value is -3.02. The summed E-state index contributed by atoms with van der Waals surface area (Å²) in [6.07, 6.45) is 5.38. The largest absolute Gasteiger partial charge is 0.494 e. The van der Waals surface area contributed by atoms with E-state index in [1.54, 1.807) is 29.2 Å². The van der Waals surface area contributed by atoms with E-state index in [4.69, 9.17) is 27.9 Å². The van der Waals surface area contributed by atoms with Crippen molar-refractivity contribution in [2.75, 3.05) is 6.61 Å². The van der Waals surface area contributed by atoms with Crippen LogP contribution in [-0.2, 0) is 22.6 Å². The Labute approximate surface area is 235 Å². The van der Waals surface area contributed by atoms with E-state index in [0.717, 1.165) is 36.8 Å². The summed E-state index contributed by atoms with van der Waals surface area (Å²) in [6, 6.07) is 24.0. The molecule has 0 heterocycles. The highest BCUT2D eigenvalue weighted by atomic mass is 35.5. The molecule has 1 atom stereocenters. The number of carbonyl (C=O) groups excluding carboxylic acids is 2. The Morgan fingerprint density at radius 1 is 0.921 bits per heavy atom. The molecule has 2 amide bonds. The molecule has 200 valence electrons. The minimum absolute atomic E-state index is 0.105. The van der Waals surface area contributed by atoms with E-state index in [1.807, 2.05) is 54.6 Å². The van der Waals surface area contributed by atoms with Gasteiger partial charge in [0.05, 0.1) is 6.61 Å². The van der Waals surface area contributed by atoms with E-state index in [-0.39, 0.29) is 30.8 Å². The van der Waals surface area contributed by atoms with Gasteiger partial charge in [0.2, 0.25) is 11.8 Å². The molecular formula is C31H34Cl2N2O3. The average Bonchev–Trinajstić information content (AvgIpc) is 3.44. The van der Waals surface area contributed by atoms with Crippen molar-refractivity contribution < 1.29 is 14.3 Å². The highest BCUT2D eigenvalue weighted by Crippen LogP contribution is 2.23. The molecule has 7 heteroatoms. The zero-order valence-electron chi connectivity index (χ0n) is 21.5. The molecule has 5 nitrogen and oxygen atoms in total. The van der Waals surface area contributed by atoms with Crippen LogP contribution in [-0.4, -0.2) is 35.4 Å². The summed E-state index contributed by atoms with van der Waals surface area (Å²) in [4.78, 5) is 29.1. The van der Waals surface area contributed by atoms with Crippen LogP contribution in [0.25, 0.3) is 0 Å². The van der Waals surface area contributed by atoms with Crippen molar-refractivity contribution in [2.24, 2.45) is 0 Å². The zero-order chi connectivity index (χ0) is 26.7. The van der Waals surface area contributed by atoms with Gasteiger partial charge in [0, 0.05) is 35.5 Å². The molecule has 0 spiro atoms. The van der Waals surface area contributed by atoms with Crippen molar-refractivity contribution in [1.82, 2.24) is 10.2 Å². The first-order valence-corrected chi connectivity index (χ1v) is 14.0. The molecule has 0 aliphatic heterocycles. The van der Waals surface area contributed by atoms with E-state index < -0.39 is 6.04 Å². The number of hydrogen-bond donors (Lipinski definition) is 1. The Morgan fingerprint density at radius 2 is 1.61 bits per heavy atom. The number of benzene rings is 3. The molecule has 1 saturated carbocycles. The lowest BCUT2D eigenvalue weighted by molar-refractivity contribution is -0.141. The molecule has 1 unspecified atom stereocenters. The van der Waals surface area contributed by atoms with Crippen LogP contribution in [0.4, 0.5) is 0 Å². The molecular weight excluding hydrogens is 519 g/mol. The Bertz CT molecular complexity index is 1180. The lowest BCUT2D eigenvalue weighted by Crippen LogP contribution is -2.52. The summed E-state index contributed by atoms with van der Waals surface area (Å²) in [5, 5.41) is 4.44. The molecule has 1 aliphatic rings. The lowest BCUT2D eigenvalue weighted by atomic mass is 10.0. The summed E-state index contributed by atoms with van der Waals surface area (Å²) in [7, 11) is 0. The summed E-state index contributed by atoms with van der Waals surface area (Å²) in [5.41, 5.74) is 1.81. The number of nitrogens with zero attached hydrogens (tertiary/aromatic N) is 1. The number of ether oxygens (including phenoxy) is 1. The second-order valence-corrected chi connectivity index (χ2v) is 10.6. The Balaban J connectivity index is 1.52. The van der Waals surface area contributed by atoms with E-state index in [9.17, 15) is 9.59 Å². The van der Waals surface area contributed by atoms with Gasteiger partial charge in [-0.2, -0.15) is 0 Å². The highest BCUT2D eigenvalue weighted by Gasteiger charge is 2.32. The van der Waals surface area contributed by atoms with Crippen molar-refractivity contribution in [2.45, 2.75) is 63.6 Å². The van der Waals surface area contributed by atoms with Crippen LogP contribution in [0.15, 0.2) is 78.9 Å². The number of nitrogens with one attached hydrogen (secondary N) is 1. The van der Waals surface area contributed by atoms with Gasteiger partial charge in [-0.15, -0.1) is 0 Å². The van der Waals surface area contributed by atoms with Crippen molar-refractivity contribution in [3.05, 3.63) is 100 Å². The molecule has 1 aliphatic carbocycles. The maximum absolute atomic E-state index is 13.7. The van der Waals surface area contributed by atoms with Crippen LogP contribution in [0.1, 0.15) is 49.7 Å². The number of hydrogen-bond acceptors (Lipinski definition) is 3. The van der Waals surface area contributed by atoms with Gasteiger partial charge < -0.3 is 15.0 Å². The van der Waals surface area contributed by atoms with E-state index >= 15 is 0 Å². The van der Waals surface area contributed by atoms with Crippen LogP contribution in [0, 0.1) is 0 Å². The first-order chi connectivity index (χ1) is 18.5. The monoisotopic (exact) mass is 552 g/mol. The third-order valence-corrected chi connectivity index (χ3v) is 7.51. The van der Waals surface area contributed by atoms with Crippen LogP contribution in [0.3, 0.4) is 0 Å². The molecule has 38 heavy (non-hydrogen) atoms.